The molecule has 4 bridgehead atoms. The molecule has 0 spiro atoms. The Hall–Kier alpha value is -1.32. The minimum absolute atomic E-state index is 0.307. The van der Waals surface area contributed by atoms with Crippen molar-refractivity contribution in [1.29, 1.82) is 0 Å². The smallest absolute Gasteiger partial charge is 0.124 e. The quantitative estimate of drug-likeness (QED) is 0.515. The Labute approximate surface area is 183 Å². The van der Waals surface area contributed by atoms with Crippen molar-refractivity contribution in [3.8, 4) is 5.75 Å². The first-order chi connectivity index (χ1) is 13.8. The van der Waals surface area contributed by atoms with Gasteiger partial charge in [0, 0.05) is 22.1 Å². The van der Waals surface area contributed by atoms with Crippen molar-refractivity contribution in [2.45, 2.75) is 71.1 Å². The average Bonchev–Trinajstić information content (AvgIpc) is 2.64. The maximum absolute atomic E-state index is 6.23. The highest BCUT2D eigenvalue weighted by Gasteiger charge is 2.59. The molecule has 0 amide bonds. The van der Waals surface area contributed by atoms with Crippen LogP contribution in [0.5, 0.6) is 5.75 Å². The first-order valence-electron chi connectivity index (χ1n) is 11.0. The van der Waals surface area contributed by atoms with Gasteiger partial charge in [0.2, 0.25) is 0 Å². The zero-order valence-corrected chi connectivity index (χ0v) is 19.2. The van der Waals surface area contributed by atoms with Gasteiger partial charge in [0.1, 0.15) is 12.4 Å². The maximum Gasteiger partial charge on any atom is 0.124 e. The molecule has 6 rings (SSSR count). The summed E-state index contributed by atoms with van der Waals surface area (Å²) >= 11 is 3.66. The van der Waals surface area contributed by atoms with Gasteiger partial charge in [-0.2, -0.15) is 0 Å². The fourth-order valence-electron chi connectivity index (χ4n) is 7.49. The lowest BCUT2D eigenvalue weighted by molar-refractivity contribution is -0.118. The molecule has 4 aliphatic rings. The van der Waals surface area contributed by atoms with E-state index >= 15 is 0 Å². The molecule has 0 aliphatic heterocycles. The second-order valence-electron chi connectivity index (χ2n) is 10.8. The molecule has 2 aromatic carbocycles. The van der Waals surface area contributed by atoms with E-state index in [0.717, 1.165) is 22.7 Å². The zero-order valence-electron chi connectivity index (χ0n) is 17.6. The summed E-state index contributed by atoms with van der Waals surface area (Å²) in [6.45, 7) is 6.57. The monoisotopic (exact) mass is 453 g/mol. The van der Waals surface area contributed by atoms with Crippen LogP contribution in [0, 0.1) is 16.7 Å². The predicted molar refractivity (Wildman–Crippen MR) is 122 cm³/mol. The summed E-state index contributed by atoms with van der Waals surface area (Å²) in [5, 5.41) is 4.06. The van der Waals surface area contributed by atoms with Crippen LogP contribution in [0.1, 0.15) is 63.5 Å². The van der Waals surface area contributed by atoms with E-state index in [4.69, 9.17) is 4.74 Å². The van der Waals surface area contributed by atoms with E-state index in [2.05, 4.69) is 77.6 Å². The molecule has 2 unspecified atom stereocenters. The maximum atomic E-state index is 6.23. The van der Waals surface area contributed by atoms with Gasteiger partial charge in [0.15, 0.2) is 0 Å². The number of nitrogens with one attached hydrogen (secondary N) is 1. The Bertz CT molecular complexity index is 877. The molecule has 4 fully saturated rings. The summed E-state index contributed by atoms with van der Waals surface area (Å²) in [5.41, 5.74) is 3.83. The van der Waals surface area contributed by atoms with E-state index in [1.165, 1.54) is 49.7 Å². The Kier molecular flexibility index (Phi) is 4.83. The molecule has 4 aliphatic carbocycles. The van der Waals surface area contributed by atoms with Crippen molar-refractivity contribution in [3.05, 3.63) is 64.1 Å². The van der Waals surface area contributed by atoms with Crippen LogP contribution >= 0.6 is 15.9 Å². The van der Waals surface area contributed by atoms with E-state index in [-0.39, 0.29) is 0 Å². The van der Waals surface area contributed by atoms with Crippen molar-refractivity contribution in [1.82, 2.24) is 5.32 Å². The molecule has 0 radical (unpaired) electrons. The second-order valence-corrected chi connectivity index (χ2v) is 11.7. The predicted octanol–water partition coefficient (Wildman–Crippen LogP) is 6.87. The molecule has 0 aromatic heterocycles. The van der Waals surface area contributed by atoms with E-state index in [1.54, 1.807) is 0 Å². The first-order valence-corrected chi connectivity index (χ1v) is 11.8. The van der Waals surface area contributed by atoms with E-state index in [9.17, 15) is 0 Å². The zero-order chi connectivity index (χ0) is 20.1. The van der Waals surface area contributed by atoms with Gasteiger partial charge in [-0.05, 0) is 79.0 Å². The van der Waals surface area contributed by atoms with Gasteiger partial charge in [-0.15, -0.1) is 0 Å². The van der Waals surface area contributed by atoms with E-state index in [0.29, 0.717) is 23.0 Å². The Balaban J connectivity index is 1.32. The second kappa shape index (κ2) is 7.13. The van der Waals surface area contributed by atoms with Crippen molar-refractivity contribution < 1.29 is 4.74 Å². The van der Waals surface area contributed by atoms with E-state index < -0.39 is 0 Å². The standard InChI is InChI=1S/C26H32BrNO/c1-24-11-20-12-25(2,16-24)18-26(13-20,17-24)28-14-21-10-22(27)8-9-23(21)29-15-19-6-4-3-5-7-19/h3-10,20,28H,11-18H2,1-2H3. The molecule has 29 heavy (non-hydrogen) atoms. The normalized spacial score (nSPS) is 35.1. The van der Waals surface area contributed by atoms with Crippen LogP contribution in [0.3, 0.4) is 0 Å². The Morgan fingerprint density at radius 3 is 2.38 bits per heavy atom. The third-order valence-electron chi connectivity index (χ3n) is 7.54. The summed E-state index contributed by atoms with van der Waals surface area (Å²) in [6.07, 6.45) is 8.32. The lowest BCUT2D eigenvalue weighted by Crippen LogP contribution is -2.63. The topological polar surface area (TPSA) is 21.3 Å². The molecular formula is C26H32BrNO. The van der Waals surface area contributed by atoms with Crippen LogP contribution in [-0.4, -0.2) is 5.54 Å². The van der Waals surface area contributed by atoms with Gasteiger partial charge in [-0.25, -0.2) is 0 Å². The molecule has 4 saturated carbocycles. The summed E-state index contributed by atoms with van der Waals surface area (Å²) in [6, 6.07) is 16.8. The molecule has 3 heteroatoms. The van der Waals surface area contributed by atoms with Gasteiger partial charge in [-0.1, -0.05) is 60.1 Å². The summed E-state index contributed by atoms with van der Waals surface area (Å²) in [5.74, 6) is 1.90. The van der Waals surface area contributed by atoms with E-state index in [1.807, 2.05) is 6.07 Å². The Morgan fingerprint density at radius 2 is 1.69 bits per heavy atom. The minimum Gasteiger partial charge on any atom is -0.489 e. The van der Waals surface area contributed by atoms with Crippen molar-refractivity contribution in [3.63, 3.8) is 0 Å². The van der Waals surface area contributed by atoms with Crippen LogP contribution in [-0.2, 0) is 13.2 Å². The molecule has 154 valence electrons. The third kappa shape index (κ3) is 4.01. The van der Waals surface area contributed by atoms with Crippen molar-refractivity contribution >= 4 is 15.9 Å². The molecule has 2 aromatic rings. The molecule has 2 atom stereocenters. The number of benzene rings is 2. The summed E-state index contributed by atoms with van der Waals surface area (Å²) in [4.78, 5) is 0. The van der Waals surface area contributed by atoms with Gasteiger partial charge in [0.25, 0.3) is 0 Å². The average molecular weight is 454 g/mol. The molecular weight excluding hydrogens is 422 g/mol. The number of halogens is 1. The molecule has 1 N–H and O–H groups in total. The summed E-state index contributed by atoms with van der Waals surface area (Å²) in [7, 11) is 0. The van der Waals surface area contributed by atoms with Gasteiger partial charge in [0.05, 0.1) is 0 Å². The molecule has 0 heterocycles. The van der Waals surface area contributed by atoms with Gasteiger partial charge < -0.3 is 10.1 Å². The number of hydrogen-bond acceptors (Lipinski definition) is 2. The number of rotatable bonds is 6. The number of ether oxygens (including phenoxy) is 1. The van der Waals surface area contributed by atoms with Gasteiger partial charge in [-0.3, -0.25) is 0 Å². The van der Waals surface area contributed by atoms with Crippen LogP contribution < -0.4 is 10.1 Å². The third-order valence-corrected chi connectivity index (χ3v) is 8.03. The Morgan fingerprint density at radius 1 is 0.966 bits per heavy atom. The van der Waals surface area contributed by atoms with Crippen LogP contribution in [0.25, 0.3) is 0 Å². The number of hydrogen-bond donors (Lipinski definition) is 1. The first kappa shape index (κ1) is 19.6. The molecule has 0 saturated heterocycles. The van der Waals surface area contributed by atoms with Gasteiger partial charge >= 0.3 is 0 Å². The molecule has 2 nitrogen and oxygen atoms in total. The largest absolute Gasteiger partial charge is 0.489 e. The van der Waals surface area contributed by atoms with Crippen molar-refractivity contribution in [2.24, 2.45) is 16.7 Å². The lowest BCUT2D eigenvalue weighted by Gasteiger charge is -2.65. The van der Waals surface area contributed by atoms with Crippen LogP contribution in [0.15, 0.2) is 53.0 Å². The highest BCUT2D eigenvalue weighted by Crippen LogP contribution is 2.66. The van der Waals surface area contributed by atoms with Crippen molar-refractivity contribution in [2.75, 3.05) is 0 Å². The van der Waals surface area contributed by atoms with Crippen LogP contribution in [0.4, 0.5) is 0 Å². The highest BCUT2D eigenvalue weighted by molar-refractivity contribution is 9.10. The SMILES string of the molecule is CC12CC3CC(C)(C1)CC(NCc1cc(Br)ccc1OCc1ccccc1)(C3)C2. The fourth-order valence-corrected chi connectivity index (χ4v) is 7.90. The summed E-state index contributed by atoms with van der Waals surface area (Å²) < 4.78 is 7.34. The minimum atomic E-state index is 0.307. The fraction of sp³-hybridized carbons (Fsp3) is 0.538. The van der Waals surface area contributed by atoms with Crippen LogP contribution in [0.2, 0.25) is 0 Å². The highest BCUT2D eigenvalue weighted by atomic mass is 79.9. The lowest BCUT2D eigenvalue weighted by atomic mass is 9.43.